The quantitative estimate of drug-likeness (QED) is 0.110. The topological polar surface area (TPSA) is 87.9 Å². The molecule has 0 amide bonds. The summed E-state index contributed by atoms with van der Waals surface area (Å²) in [5.41, 5.74) is 0. The molecule has 0 aliphatic carbocycles. The van der Waals surface area contributed by atoms with Gasteiger partial charge in [0.25, 0.3) is 5.09 Å². The molecule has 1 aromatic rings. The molecule has 0 bridgehead atoms. The van der Waals surface area contributed by atoms with E-state index in [1.165, 1.54) is 0 Å². The highest BCUT2D eigenvalue weighted by molar-refractivity contribution is 5.64. The van der Waals surface area contributed by atoms with Gasteiger partial charge in [-0.05, 0) is 12.8 Å². The smallest absolute Gasteiger partial charge is 0.434 e. The minimum Gasteiger partial charge on any atom is -0.434 e. The van der Waals surface area contributed by atoms with Crippen molar-refractivity contribution in [2.75, 3.05) is 13.2 Å². The fraction of sp³-hybridized carbons (Fsp3) is 0.364. The summed E-state index contributed by atoms with van der Waals surface area (Å²) < 4.78 is 73.1. The molecule has 0 fully saturated rings. The molecule has 0 aromatic heterocycles. The van der Waals surface area contributed by atoms with Crippen LogP contribution < -0.4 is 4.74 Å². The van der Waals surface area contributed by atoms with E-state index in [0.29, 0.717) is 0 Å². The second-order valence-corrected chi connectivity index (χ2v) is 3.86. The zero-order valence-electron chi connectivity index (χ0n) is 11.1. The molecule has 23 heavy (non-hydrogen) atoms. The Morgan fingerprint density at radius 2 is 1.39 bits per heavy atom. The third kappa shape index (κ3) is 4.93. The molecule has 1 aromatic carbocycles. The average molecular weight is 345 g/mol. The second-order valence-electron chi connectivity index (χ2n) is 3.86. The number of carbonyl (C=O) groups is 1. The van der Waals surface area contributed by atoms with Crippen LogP contribution in [0.5, 0.6) is 5.75 Å². The lowest BCUT2D eigenvalue weighted by atomic mass is 10.3. The maximum Gasteiger partial charge on any atom is 0.514 e. The molecule has 0 heterocycles. The van der Waals surface area contributed by atoms with E-state index in [2.05, 4.69) is 14.3 Å². The normalized spacial score (nSPS) is 10.3. The van der Waals surface area contributed by atoms with Crippen LogP contribution in [0.2, 0.25) is 0 Å². The Bertz CT molecular complexity index is 582. The summed E-state index contributed by atoms with van der Waals surface area (Å²) in [6.07, 6.45) is -1.53. The van der Waals surface area contributed by atoms with Crippen LogP contribution in [0.4, 0.5) is 26.7 Å². The first-order valence-corrected chi connectivity index (χ1v) is 5.89. The number of hydrogen-bond donors (Lipinski definition) is 0. The van der Waals surface area contributed by atoms with E-state index in [9.17, 15) is 36.9 Å². The van der Waals surface area contributed by atoms with Gasteiger partial charge in [-0.1, -0.05) is 0 Å². The fourth-order valence-corrected chi connectivity index (χ4v) is 1.29. The summed E-state index contributed by atoms with van der Waals surface area (Å²) in [6, 6.07) is 0. The molecule has 0 spiro atoms. The maximum atomic E-state index is 13.2. The number of unbranched alkanes of at least 4 members (excludes halogenated alkanes) is 1. The van der Waals surface area contributed by atoms with Gasteiger partial charge < -0.3 is 14.3 Å². The Balaban J connectivity index is 2.54. The van der Waals surface area contributed by atoms with Crippen molar-refractivity contribution in [1.82, 2.24) is 0 Å². The molecule has 0 aliphatic rings. The minimum absolute atomic E-state index is 0.0695. The third-order valence-electron chi connectivity index (χ3n) is 2.31. The zero-order chi connectivity index (χ0) is 17.6. The van der Waals surface area contributed by atoms with Gasteiger partial charge >= 0.3 is 6.16 Å². The van der Waals surface area contributed by atoms with E-state index in [0.717, 1.165) is 0 Å². The van der Waals surface area contributed by atoms with Crippen molar-refractivity contribution in [3.05, 3.63) is 39.2 Å². The monoisotopic (exact) mass is 345 g/mol. The van der Waals surface area contributed by atoms with Gasteiger partial charge in [-0.15, -0.1) is 10.1 Å². The van der Waals surface area contributed by atoms with Gasteiger partial charge in [0.2, 0.25) is 34.8 Å². The van der Waals surface area contributed by atoms with Gasteiger partial charge in [0.1, 0.15) is 0 Å². The van der Waals surface area contributed by atoms with Gasteiger partial charge in [0.15, 0.2) is 0 Å². The van der Waals surface area contributed by atoms with Crippen LogP contribution in [0, 0.1) is 39.2 Å². The van der Waals surface area contributed by atoms with Crippen LogP contribution >= 0.6 is 0 Å². The second kappa shape index (κ2) is 8.10. The van der Waals surface area contributed by atoms with Crippen LogP contribution in [0.3, 0.4) is 0 Å². The molecule has 0 radical (unpaired) electrons. The molecule has 128 valence electrons. The van der Waals surface area contributed by atoms with E-state index in [4.69, 9.17) is 0 Å². The van der Waals surface area contributed by atoms with Gasteiger partial charge in [0.05, 0.1) is 13.2 Å². The largest absolute Gasteiger partial charge is 0.514 e. The number of hydrogen-bond acceptors (Lipinski definition) is 6. The fourth-order valence-electron chi connectivity index (χ4n) is 1.29. The first-order chi connectivity index (χ1) is 10.8. The van der Waals surface area contributed by atoms with Gasteiger partial charge in [-0.3, -0.25) is 0 Å². The van der Waals surface area contributed by atoms with Crippen LogP contribution in [0.25, 0.3) is 0 Å². The minimum atomic E-state index is -2.40. The third-order valence-corrected chi connectivity index (χ3v) is 2.31. The van der Waals surface area contributed by atoms with E-state index in [1.807, 2.05) is 0 Å². The van der Waals surface area contributed by atoms with Crippen molar-refractivity contribution in [1.29, 1.82) is 0 Å². The molecule has 0 saturated heterocycles. The molecule has 1 rings (SSSR count). The lowest BCUT2D eigenvalue weighted by molar-refractivity contribution is -0.757. The average Bonchev–Trinajstić information content (AvgIpc) is 2.50. The number of nitrogens with zero attached hydrogens (tertiary/aromatic N) is 1. The molecule has 0 saturated carbocycles. The SMILES string of the molecule is O=C(OCCCCO[N+](=O)[O-])Oc1c(F)c(F)c(F)c(F)c1F. The number of rotatable bonds is 7. The number of ether oxygens (including phenoxy) is 2. The molecule has 12 heteroatoms. The van der Waals surface area contributed by atoms with E-state index < -0.39 is 46.1 Å². The Labute approximate surface area is 124 Å². The lowest BCUT2D eigenvalue weighted by Gasteiger charge is -2.09. The summed E-state index contributed by atoms with van der Waals surface area (Å²) in [5.74, 6) is -13.4. The summed E-state index contributed by atoms with van der Waals surface area (Å²) in [5, 5.41) is 8.78. The highest BCUT2D eigenvalue weighted by Crippen LogP contribution is 2.29. The summed E-state index contributed by atoms with van der Waals surface area (Å²) >= 11 is 0. The van der Waals surface area contributed by atoms with E-state index in [1.54, 1.807) is 0 Å². The highest BCUT2D eigenvalue weighted by Gasteiger charge is 2.28. The van der Waals surface area contributed by atoms with Gasteiger partial charge in [-0.2, -0.15) is 8.78 Å². The van der Waals surface area contributed by atoms with Crippen molar-refractivity contribution in [3.63, 3.8) is 0 Å². The molecule has 0 atom stereocenters. The highest BCUT2D eigenvalue weighted by atomic mass is 19.2. The first kappa shape index (κ1) is 18.4. The number of carbonyl (C=O) groups excluding carboxylic acids is 1. The summed E-state index contributed by atoms with van der Waals surface area (Å²) in [6.45, 7) is -0.654. The molecule has 0 N–H and O–H groups in total. The number of benzene rings is 1. The molecule has 0 unspecified atom stereocenters. The van der Waals surface area contributed by atoms with E-state index >= 15 is 0 Å². The molecular weight excluding hydrogens is 337 g/mol. The lowest BCUT2D eigenvalue weighted by Crippen LogP contribution is -2.15. The number of halogens is 5. The van der Waals surface area contributed by atoms with Crippen LogP contribution in [-0.4, -0.2) is 24.5 Å². The maximum absolute atomic E-state index is 13.2. The van der Waals surface area contributed by atoms with Crippen molar-refractivity contribution in [3.8, 4) is 5.75 Å². The van der Waals surface area contributed by atoms with Crippen molar-refractivity contribution >= 4 is 6.16 Å². The zero-order valence-corrected chi connectivity index (χ0v) is 11.1. The van der Waals surface area contributed by atoms with Crippen LogP contribution in [-0.2, 0) is 9.57 Å². The Kier molecular flexibility index (Phi) is 6.48. The Morgan fingerprint density at radius 1 is 0.913 bits per heavy atom. The molecule has 0 aliphatic heterocycles. The standard InChI is InChI=1S/C11H8F5NO6/c12-5-6(13)8(15)10(9(16)7(5)14)23-11(18)21-3-1-2-4-22-17(19)20/h1-4H2. The van der Waals surface area contributed by atoms with Crippen molar-refractivity contribution in [2.24, 2.45) is 0 Å². The Hall–Kier alpha value is -2.66. The van der Waals surface area contributed by atoms with Crippen molar-refractivity contribution in [2.45, 2.75) is 12.8 Å². The van der Waals surface area contributed by atoms with Crippen molar-refractivity contribution < 1.29 is 46.1 Å². The first-order valence-electron chi connectivity index (χ1n) is 5.89. The molecular formula is C11H8F5NO6. The van der Waals surface area contributed by atoms with Crippen LogP contribution in [0.15, 0.2) is 0 Å². The Morgan fingerprint density at radius 3 is 1.91 bits per heavy atom. The van der Waals surface area contributed by atoms with E-state index in [-0.39, 0.29) is 26.1 Å². The van der Waals surface area contributed by atoms with Crippen LogP contribution in [0.1, 0.15) is 12.8 Å². The summed E-state index contributed by atoms with van der Waals surface area (Å²) in [4.78, 5) is 24.9. The predicted molar refractivity (Wildman–Crippen MR) is 60.4 cm³/mol. The summed E-state index contributed by atoms with van der Waals surface area (Å²) in [7, 11) is 0. The van der Waals surface area contributed by atoms with Gasteiger partial charge in [-0.25, -0.2) is 18.0 Å². The predicted octanol–water partition coefficient (Wildman–Crippen LogP) is 2.89. The molecule has 7 nitrogen and oxygen atoms in total. The van der Waals surface area contributed by atoms with Gasteiger partial charge in [0, 0.05) is 0 Å².